The standard InChI is InChI=1S/C22H25N5O/c1-16-4-6-17(7-5-16)8-11-21(28)24-19-9-10-20-25-26-22(27(20)14-12-19)18-3-2-13-23-15-18/h2-7,13,15,19H,8-12,14H2,1H3,(H,24,28). The van der Waals surface area contributed by atoms with E-state index in [1.807, 2.05) is 18.3 Å². The number of carbonyl (C=O) groups is 1. The lowest BCUT2D eigenvalue weighted by Crippen LogP contribution is -2.35. The van der Waals surface area contributed by atoms with Crippen LogP contribution in [0.1, 0.15) is 36.2 Å². The highest BCUT2D eigenvalue weighted by Gasteiger charge is 2.22. The van der Waals surface area contributed by atoms with Gasteiger partial charge in [0, 0.05) is 43.4 Å². The van der Waals surface area contributed by atoms with Crippen LogP contribution in [0.4, 0.5) is 0 Å². The number of nitrogens with zero attached hydrogens (tertiary/aromatic N) is 4. The summed E-state index contributed by atoms with van der Waals surface area (Å²) in [6.45, 7) is 2.87. The number of rotatable bonds is 5. The molecular weight excluding hydrogens is 350 g/mol. The van der Waals surface area contributed by atoms with E-state index in [-0.39, 0.29) is 11.9 Å². The van der Waals surface area contributed by atoms with Gasteiger partial charge in [0.15, 0.2) is 5.82 Å². The van der Waals surface area contributed by atoms with E-state index in [1.165, 1.54) is 11.1 Å². The molecule has 1 unspecified atom stereocenters. The maximum Gasteiger partial charge on any atom is 0.220 e. The number of pyridine rings is 1. The number of benzene rings is 1. The Morgan fingerprint density at radius 3 is 2.82 bits per heavy atom. The molecule has 28 heavy (non-hydrogen) atoms. The number of hydrogen-bond acceptors (Lipinski definition) is 4. The van der Waals surface area contributed by atoms with Crippen molar-refractivity contribution in [3.05, 3.63) is 65.7 Å². The van der Waals surface area contributed by atoms with E-state index in [0.29, 0.717) is 6.42 Å². The zero-order chi connectivity index (χ0) is 19.3. The molecule has 3 heterocycles. The van der Waals surface area contributed by atoms with Crippen molar-refractivity contribution in [2.24, 2.45) is 0 Å². The lowest BCUT2D eigenvalue weighted by molar-refractivity contribution is -0.121. The first kappa shape index (κ1) is 18.3. The van der Waals surface area contributed by atoms with Gasteiger partial charge in [-0.2, -0.15) is 0 Å². The maximum absolute atomic E-state index is 12.4. The third-order valence-electron chi connectivity index (χ3n) is 5.29. The first-order valence-corrected chi connectivity index (χ1v) is 9.86. The minimum Gasteiger partial charge on any atom is -0.353 e. The Bertz CT molecular complexity index is 933. The number of aromatic nitrogens is 4. The molecule has 144 valence electrons. The Morgan fingerprint density at radius 2 is 2.04 bits per heavy atom. The second-order valence-corrected chi connectivity index (χ2v) is 7.41. The number of fused-ring (bicyclic) bond motifs is 1. The molecule has 0 saturated carbocycles. The van der Waals surface area contributed by atoms with E-state index in [0.717, 1.165) is 49.4 Å². The van der Waals surface area contributed by atoms with Gasteiger partial charge in [-0.05, 0) is 43.9 Å². The number of hydrogen-bond donors (Lipinski definition) is 1. The summed E-state index contributed by atoms with van der Waals surface area (Å²) in [6.07, 6.45) is 7.45. The average Bonchev–Trinajstić information content (AvgIpc) is 3.03. The number of aryl methyl sites for hydroxylation is 3. The molecule has 0 spiro atoms. The van der Waals surface area contributed by atoms with Gasteiger partial charge in [0.2, 0.25) is 5.91 Å². The Labute approximate surface area is 165 Å². The Morgan fingerprint density at radius 1 is 1.18 bits per heavy atom. The van der Waals surface area contributed by atoms with E-state index in [4.69, 9.17) is 0 Å². The molecule has 0 aliphatic carbocycles. The predicted octanol–water partition coefficient (Wildman–Crippen LogP) is 3.10. The third-order valence-corrected chi connectivity index (χ3v) is 5.29. The molecule has 1 aromatic carbocycles. The summed E-state index contributed by atoms with van der Waals surface area (Å²) in [7, 11) is 0. The van der Waals surface area contributed by atoms with Crippen molar-refractivity contribution in [3.8, 4) is 11.4 Å². The Hall–Kier alpha value is -3.02. The van der Waals surface area contributed by atoms with E-state index in [2.05, 4.69) is 56.3 Å². The molecular formula is C22H25N5O. The van der Waals surface area contributed by atoms with Gasteiger partial charge in [-0.15, -0.1) is 10.2 Å². The van der Waals surface area contributed by atoms with Gasteiger partial charge < -0.3 is 9.88 Å². The lowest BCUT2D eigenvalue weighted by Gasteiger charge is -2.16. The van der Waals surface area contributed by atoms with Crippen LogP contribution in [-0.2, 0) is 24.2 Å². The highest BCUT2D eigenvalue weighted by molar-refractivity contribution is 5.76. The minimum atomic E-state index is 0.121. The lowest BCUT2D eigenvalue weighted by atomic mass is 10.1. The second-order valence-electron chi connectivity index (χ2n) is 7.41. The quantitative estimate of drug-likeness (QED) is 0.744. The van der Waals surface area contributed by atoms with Crippen molar-refractivity contribution in [3.63, 3.8) is 0 Å². The summed E-state index contributed by atoms with van der Waals surface area (Å²) in [5.74, 6) is 1.96. The highest BCUT2D eigenvalue weighted by Crippen LogP contribution is 2.22. The molecule has 1 aliphatic heterocycles. The molecule has 1 N–H and O–H groups in total. The van der Waals surface area contributed by atoms with Crippen molar-refractivity contribution >= 4 is 5.91 Å². The van der Waals surface area contributed by atoms with E-state index >= 15 is 0 Å². The zero-order valence-corrected chi connectivity index (χ0v) is 16.1. The largest absolute Gasteiger partial charge is 0.353 e. The molecule has 0 saturated heterocycles. The predicted molar refractivity (Wildman–Crippen MR) is 108 cm³/mol. The fraction of sp³-hybridized carbons (Fsp3) is 0.364. The SMILES string of the molecule is Cc1ccc(CCC(=O)NC2CCc3nnc(-c4cccnc4)n3CC2)cc1. The van der Waals surface area contributed by atoms with Crippen LogP contribution in [0.25, 0.3) is 11.4 Å². The van der Waals surface area contributed by atoms with Crippen LogP contribution in [0.15, 0.2) is 48.8 Å². The maximum atomic E-state index is 12.4. The summed E-state index contributed by atoms with van der Waals surface area (Å²) in [4.78, 5) is 16.6. The number of carbonyl (C=O) groups excluding carboxylic acids is 1. The number of amides is 1. The number of nitrogens with one attached hydrogen (secondary N) is 1. The molecule has 3 aromatic rings. The normalized spacial score (nSPS) is 16.2. The van der Waals surface area contributed by atoms with E-state index in [1.54, 1.807) is 6.20 Å². The molecule has 0 radical (unpaired) electrons. The fourth-order valence-electron chi connectivity index (χ4n) is 3.65. The monoisotopic (exact) mass is 375 g/mol. The van der Waals surface area contributed by atoms with Crippen molar-refractivity contribution in [1.29, 1.82) is 0 Å². The Balaban J connectivity index is 1.33. The van der Waals surface area contributed by atoms with Gasteiger partial charge in [0.05, 0.1) is 0 Å². The van der Waals surface area contributed by atoms with Crippen molar-refractivity contribution in [1.82, 2.24) is 25.1 Å². The van der Waals surface area contributed by atoms with Gasteiger partial charge in [-0.1, -0.05) is 29.8 Å². The van der Waals surface area contributed by atoms with Crippen LogP contribution in [0.3, 0.4) is 0 Å². The van der Waals surface area contributed by atoms with Gasteiger partial charge in [0.1, 0.15) is 5.82 Å². The second kappa shape index (κ2) is 8.33. The van der Waals surface area contributed by atoms with Crippen LogP contribution in [-0.4, -0.2) is 31.7 Å². The van der Waals surface area contributed by atoms with Gasteiger partial charge in [-0.25, -0.2) is 0 Å². The molecule has 2 aromatic heterocycles. The highest BCUT2D eigenvalue weighted by atomic mass is 16.1. The molecule has 6 nitrogen and oxygen atoms in total. The summed E-state index contributed by atoms with van der Waals surface area (Å²) >= 11 is 0. The van der Waals surface area contributed by atoms with E-state index < -0.39 is 0 Å². The molecule has 0 bridgehead atoms. The zero-order valence-electron chi connectivity index (χ0n) is 16.1. The molecule has 4 rings (SSSR count). The molecule has 1 atom stereocenters. The molecule has 1 aliphatic rings. The topological polar surface area (TPSA) is 72.7 Å². The average molecular weight is 375 g/mol. The van der Waals surface area contributed by atoms with Gasteiger partial charge in [0.25, 0.3) is 0 Å². The van der Waals surface area contributed by atoms with Crippen LogP contribution < -0.4 is 5.32 Å². The summed E-state index contributed by atoms with van der Waals surface area (Å²) in [6, 6.07) is 12.5. The Kier molecular flexibility index (Phi) is 5.46. The summed E-state index contributed by atoms with van der Waals surface area (Å²) in [5.41, 5.74) is 3.42. The molecule has 6 heteroatoms. The third kappa shape index (κ3) is 4.27. The van der Waals surface area contributed by atoms with Gasteiger partial charge >= 0.3 is 0 Å². The van der Waals surface area contributed by atoms with Crippen LogP contribution in [0.5, 0.6) is 0 Å². The van der Waals surface area contributed by atoms with Gasteiger partial charge in [-0.3, -0.25) is 9.78 Å². The summed E-state index contributed by atoms with van der Waals surface area (Å²) < 4.78 is 2.16. The van der Waals surface area contributed by atoms with Crippen LogP contribution in [0.2, 0.25) is 0 Å². The van der Waals surface area contributed by atoms with Crippen molar-refractivity contribution in [2.75, 3.05) is 0 Å². The first-order chi connectivity index (χ1) is 13.7. The molecule has 0 fully saturated rings. The fourth-order valence-corrected chi connectivity index (χ4v) is 3.65. The molecule has 1 amide bonds. The van der Waals surface area contributed by atoms with E-state index in [9.17, 15) is 4.79 Å². The van der Waals surface area contributed by atoms with Crippen molar-refractivity contribution < 1.29 is 4.79 Å². The van der Waals surface area contributed by atoms with Crippen LogP contribution >= 0.6 is 0 Å². The summed E-state index contributed by atoms with van der Waals surface area (Å²) in [5, 5.41) is 11.9. The smallest absolute Gasteiger partial charge is 0.220 e. The minimum absolute atomic E-state index is 0.121. The van der Waals surface area contributed by atoms with Crippen molar-refractivity contribution in [2.45, 2.75) is 51.6 Å². The first-order valence-electron chi connectivity index (χ1n) is 9.86. The van der Waals surface area contributed by atoms with Crippen LogP contribution in [0, 0.1) is 6.92 Å².